The molecule has 2 heteroatoms. The Morgan fingerprint density at radius 3 is 2.40 bits per heavy atom. The molecule has 1 saturated carbocycles. The first-order chi connectivity index (χ1) is 9.10. The molecule has 0 spiro atoms. The minimum absolute atomic E-state index is 0.212. The Balaban J connectivity index is 2.49. The third-order valence-electron chi connectivity index (χ3n) is 5.55. The van der Waals surface area contributed by atoms with Gasteiger partial charge in [-0.1, -0.05) is 51.0 Å². The zero-order chi connectivity index (χ0) is 15.3. The lowest BCUT2D eigenvalue weighted by molar-refractivity contribution is -0.0682. The number of aliphatic hydroxyl groups is 2. The fraction of sp³-hybridized carbons (Fsp3) is 0.778. The maximum Gasteiger partial charge on any atom is 0.0914 e. The lowest BCUT2D eigenvalue weighted by atomic mass is 9.55. The molecule has 0 aromatic carbocycles. The van der Waals surface area contributed by atoms with E-state index in [2.05, 4.69) is 34.3 Å². The van der Waals surface area contributed by atoms with Crippen LogP contribution >= 0.6 is 0 Å². The topological polar surface area (TPSA) is 40.5 Å². The van der Waals surface area contributed by atoms with Gasteiger partial charge in [0.15, 0.2) is 0 Å². The third kappa shape index (κ3) is 2.48. The number of rotatable bonds is 1. The fourth-order valence-corrected chi connectivity index (χ4v) is 4.15. The number of hydrogen-bond acceptors (Lipinski definition) is 2. The number of fused-ring (bicyclic) bond motifs is 1. The Morgan fingerprint density at radius 2 is 1.90 bits per heavy atom. The molecule has 0 saturated heterocycles. The first kappa shape index (κ1) is 15.8. The lowest BCUT2D eigenvalue weighted by Gasteiger charge is -2.50. The van der Waals surface area contributed by atoms with E-state index in [9.17, 15) is 10.2 Å². The predicted octanol–water partition coefficient (Wildman–Crippen LogP) is 3.84. The van der Waals surface area contributed by atoms with Crippen LogP contribution in [-0.2, 0) is 0 Å². The molecule has 0 aromatic rings. The standard InChI is InChI=1S/C18H30O2/c1-7-13-9-18(6,20)15(19)8-11(2)12(3)14-10-17(4,5)16(13)14/h11,14-15,19-20H,3,7-10H2,1-2,4-6H3/b16-13+. The molecule has 2 rings (SSSR count). The molecule has 2 aliphatic carbocycles. The van der Waals surface area contributed by atoms with Gasteiger partial charge in [0.1, 0.15) is 0 Å². The molecule has 0 heterocycles. The Bertz CT molecular complexity index is 442. The van der Waals surface area contributed by atoms with Gasteiger partial charge in [0.25, 0.3) is 0 Å². The highest BCUT2D eigenvalue weighted by Gasteiger charge is 2.47. The molecule has 4 atom stereocenters. The molecule has 114 valence electrons. The van der Waals surface area contributed by atoms with E-state index in [-0.39, 0.29) is 11.3 Å². The summed E-state index contributed by atoms with van der Waals surface area (Å²) >= 11 is 0. The lowest BCUT2D eigenvalue weighted by Crippen LogP contribution is -2.41. The summed E-state index contributed by atoms with van der Waals surface area (Å²) in [5.74, 6) is 0.708. The minimum Gasteiger partial charge on any atom is -0.390 e. The van der Waals surface area contributed by atoms with Crippen LogP contribution in [0.3, 0.4) is 0 Å². The summed E-state index contributed by atoms with van der Waals surface area (Å²) in [5.41, 5.74) is 3.22. The maximum atomic E-state index is 10.7. The second kappa shape index (κ2) is 4.99. The summed E-state index contributed by atoms with van der Waals surface area (Å²) in [6.07, 6.45) is 2.59. The molecule has 2 nitrogen and oxygen atoms in total. The zero-order valence-corrected chi connectivity index (χ0v) is 13.7. The monoisotopic (exact) mass is 278 g/mol. The van der Waals surface area contributed by atoms with Crippen LogP contribution in [0.1, 0.15) is 60.3 Å². The first-order valence-corrected chi connectivity index (χ1v) is 7.91. The van der Waals surface area contributed by atoms with Crippen molar-refractivity contribution in [2.24, 2.45) is 17.3 Å². The summed E-state index contributed by atoms with van der Waals surface area (Å²) in [5, 5.41) is 21.0. The van der Waals surface area contributed by atoms with E-state index in [0.717, 1.165) is 12.8 Å². The predicted molar refractivity (Wildman–Crippen MR) is 83.4 cm³/mol. The molecule has 20 heavy (non-hydrogen) atoms. The maximum absolute atomic E-state index is 10.7. The summed E-state index contributed by atoms with van der Waals surface area (Å²) in [7, 11) is 0. The largest absolute Gasteiger partial charge is 0.390 e. The molecular weight excluding hydrogens is 248 g/mol. The van der Waals surface area contributed by atoms with Crippen molar-refractivity contribution in [3.63, 3.8) is 0 Å². The molecule has 0 bridgehead atoms. The van der Waals surface area contributed by atoms with Crippen LogP contribution in [0.2, 0.25) is 0 Å². The molecule has 0 aliphatic heterocycles. The summed E-state index contributed by atoms with van der Waals surface area (Å²) in [6, 6.07) is 0. The molecule has 2 aliphatic rings. The molecule has 1 fully saturated rings. The van der Waals surface area contributed by atoms with Gasteiger partial charge >= 0.3 is 0 Å². The summed E-state index contributed by atoms with van der Waals surface area (Å²) in [6.45, 7) is 14.9. The van der Waals surface area contributed by atoms with Crippen molar-refractivity contribution in [3.8, 4) is 0 Å². The molecule has 4 unspecified atom stereocenters. The van der Waals surface area contributed by atoms with Gasteiger partial charge in [-0.25, -0.2) is 0 Å². The van der Waals surface area contributed by atoms with E-state index in [1.807, 2.05) is 0 Å². The van der Waals surface area contributed by atoms with Gasteiger partial charge in [-0.15, -0.1) is 0 Å². The van der Waals surface area contributed by atoms with E-state index in [1.54, 1.807) is 6.92 Å². The van der Waals surface area contributed by atoms with Crippen molar-refractivity contribution in [1.82, 2.24) is 0 Å². The van der Waals surface area contributed by atoms with Crippen LogP contribution in [0, 0.1) is 17.3 Å². The second-order valence-electron chi connectivity index (χ2n) is 7.77. The Morgan fingerprint density at radius 1 is 1.30 bits per heavy atom. The van der Waals surface area contributed by atoms with Crippen LogP contribution < -0.4 is 0 Å². The normalized spacial score (nSPS) is 45.0. The van der Waals surface area contributed by atoms with E-state index < -0.39 is 11.7 Å². The first-order valence-electron chi connectivity index (χ1n) is 7.91. The van der Waals surface area contributed by atoms with Crippen molar-refractivity contribution in [3.05, 3.63) is 23.3 Å². The molecule has 0 radical (unpaired) electrons. The van der Waals surface area contributed by atoms with Gasteiger partial charge in [0, 0.05) is 5.92 Å². The highest BCUT2D eigenvalue weighted by atomic mass is 16.3. The van der Waals surface area contributed by atoms with E-state index in [0.29, 0.717) is 18.8 Å². The summed E-state index contributed by atoms with van der Waals surface area (Å²) < 4.78 is 0. The molecule has 2 N–H and O–H groups in total. The number of allylic oxidation sites excluding steroid dienone is 2. The van der Waals surface area contributed by atoms with Crippen molar-refractivity contribution in [2.45, 2.75) is 72.0 Å². The van der Waals surface area contributed by atoms with Crippen molar-refractivity contribution in [2.75, 3.05) is 0 Å². The molecular formula is C18H30O2. The molecule has 0 amide bonds. The van der Waals surface area contributed by atoms with E-state index >= 15 is 0 Å². The third-order valence-corrected chi connectivity index (χ3v) is 5.55. The average molecular weight is 278 g/mol. The Kier molecular flexibility index (Phi) is 3.94. The van der Waals surface area contributed by atoms with Crippen LogP contribution in [0.4, 0.5) is 0 Å². The van der Waals surface area contributed by atoms with Crippen LogP contribution in [0.5, 0.6) is 0 Å². The van der Waals surface area contributed by atoms with Gasteiger partial charge in [0.05, 0.1) is 11.7 Å². The Hall–Kier alpha value is -0.600. The quantitative estimate of drug-likeness (QED) is 0.716. The highest BCUT2D eigenvalue weighted by molar-refractivity contribution is 5.39. The fourth-order valence-electron chi connectivity index (χ4n) is 4.15. The van der Waals surface area contributed by atoms with E-state index in [4.69, 9.17) is 0 Å². The van der Waals surface area contributed by atoms with Gasteiger partial charge in [0.2, 0.25) is 0 Å². The van der Waals surface area contributed by atoms with Crippen LogP contribution in [0.25, 0.3) is 0 Å². The molecule has 0 aromatic heterocycles. The van der Waals surface area contributed by atoms with Crippen molar-refractivity contribution in [1.29, 1.82) is 0 Å². The average Bonchev–Trinajstić information content (AvgIpc) is 2.34. The smallest absolute Gasteiger partial charge is 0.0914 e. The SMILES string of the molecule is C=C1C(C)CC(O)C(C)(O)C/C(CC)=C2\C1CC2(C)C. The zero-order valence-electron chi connectivity index (χ0n) is 13.7. The number of hydrogen-bond donors (Lipinski definition) is 2. The highest BCUT2D eigenvalue weighted by Crippen LogP contribution is 2.57. The van der Waals surface area contributed by atoms with Gasteiger partial charge < -0.3 is 10.2 Å². The van der Waals surface area contributed by atoms with Gasteiger partial charge in [-0.2, -0.15) is 0 Å². The van der Waals surface area contributed by atoms with Crippen molar-refractivity contribution < 1.29 is 10.2 Å². The number of aliphatic hydroxyl groups excluding tert-OH is 1. The van der Waals surface area contributed by atoms with Gasteiger partial charge in [-0.05, 0) is 43.9 Å². The minimum atomic E-state index is -1.03. The van der Waals surface area contributed by atoms with E-state index in [1.165, 1.54) is 16.7 Å². The van der Waals surface area contributed by atoms with Gasteiger partial charge in [-0.3, -0.25) is 0 Å². The Labute approximate surface area is 123 Å². The second-order valence-corrected chi connectivity index (χ2v) is 7.77. The van der Waals surface area contributed by atoms with Crippen molar-refractivity contribution >= 4 is 0 Å². The van der Waals surface area contributed by atoms with Crippen LogP contribution in [0.15, 0.2) is 23.3 Å². The summed E-state index contributed by atoms with van der Waals surface area (Å²) in [4.78, 5) is 0. The van der Waals surface area contributed by atoms with Crippen LogP contribution in [-0.4, -0.2) is 21.9 Å².